The summed E-state index contributed by atoms with van der Waals surface area (Å²) in [5.74, 6) is 0.329. The molecule has 0 saturated heterocycles. The highest BCUT2D eigenvalue weighted by atomic mass is 19.1. The number of carbonyl (C=O) groups is 1. The molecule has 164 valence electrons. The number of benzene rings is 2. The first-order valence-electron chi connectivity index (χ1n) is 10.3. The van der Waals surface area contributed by atoms with Gasteiger partial charge >= 0.3 is 6.01 Å². The molecule has 3 aromatic rings. The summed E-state index contributed by atoms with van der Waals surface area (Å²) in [7, 11) is 0. The number of hydrogen-bond donors (Lipinski definition) is 1. The maximum atomic E-state index is 13.8. The zero-order valence-electron chi connectivity index (χ0n) is 18.0. The van der Waals surface area contributed by atoms with E-state index in [1.54, 1.807) is 28.9 Å². The molecule has 0 fully saturated rings. The van der Waals surface area contributed by atoms with E-state index >= 15 is 0 Å². The smallest absolute Gasteiger partial charge is 0.336 e. The van der Waals surface area contributed by atoms with Crippen LogP contribution in [-0.4, -0.2) is 40.5 Å². The van der Waals surface area contributed by atoms with Crippen molar-refractivity contribution in [2.45, 2.75) is 27.2 Å². The lowest BCUT2D eigenvalue weighted by molar-refractivity contribution is -0.116. The summed E-state index contributed by atoms with van der Waals surface area (Å²) in [5.41, 5.74) is 1.96. The molecule has 0 saturated carbocycles. The number of carbonyl (C=O) groups excluding carboxylic acids is 1. The fourth-order valence-electron chi connectivity index (χ4n) is 2.95. The summed E-state index contributed by atoms with van der Waals surface area (Å²) in [5, 5.41) is 7.31. The number of nitrogens with one attached hydrogen (secondary N) is 1. The lowest BCUT2D eigenvalue weighted by Crippen LogP contribution is -2.13. The molecular weight excluding hydrogens is 399 g/mol. The summed E-state index contributed by atoms with van der Waals surface area (Å²) in [4.78, 5) is 16.4. The van der Waals surface area contributed by atoms with Crippen LogP contribution in [0.2, 0.25) is 0 Å². The second-order valence-electron chi connectivity index (χ2n) is 7.38. The van der Waals surface area contributed by atoms with Crippen LogP contribution in [0.1, 0.15) is 27.2 Å². The van der Waals surface area contributed by atoms with Crippen LogP contribution in [0.15, 0.2) is 48.5 Å². The second kappa shape index (κ2) is 10.7. The molecule has 1 amide bonds. The molecule has 31 heavy (non-hydrogen) atoms. The molecule has 1 N–H and O–H groups in total. The van der Waals surface area contributed by atoms with Gasteiger partial charge in [-0.25, -0.2) is 9.07 Å². The number of nitrogens with zero attached hydrogens (tertiary/aromatic N) is 3. The Bertz CT molecular complexity index is 1000. The van der Waals surface area contributed by atoms with Crippen molar-refractivity contribution in [3.05, 3.63) is 54.3 Å². The molecule has 1 heterocycles. The summed E-state index contributed by atoms with van der Waals surface area (Å²) < 4.78 is 26.3. The van der Waals surface area contributed by atoms with E-state index in [2.05, 4.69) is 15.4 Å². The van der Waals surface area contributed by atoms with Crippen LogP contribution in [0.25, 0.3) is 17.1 Å². The van der Waals surface area contributed by atoms with Gasteiger partial charge in [0.2, 0.25) is 5.91 Å². The zero-order valence-corrected chi connectivity index (χ0v) is 18.0. The molecule has 0 aliphatic carbocycles. The van der Waals surface area contributed by atoms with Crippen LogP contribution in [0.3, 0.4) is 0 Å². The molecule has 0 aliphatic rings. The van der Waals surface area contributed by atoms with Gasteiger partial charge in [0, 0.05) is 24.3 Å². The molecule has 0 radical (unpaired) electrons. The van der Waals surface area contributed by atoms with Crippen LogP contribution in [0, 0.1) is 11.7 Å². The van der Waals surface area contributed by atoms with Crippen molar-refractivity contribution in [1.29, 1.82) is 0 Å². The van der Waals surface area contributed by atoms with Gasteiger partial charge in [0.25, 0.3) is 0 Å². The van der Waals surface area contributed by atoms with Gasteiger partial charge < -0.3 is 14.8 Å². The van der Waals surface area contributed by atoms with Crippen LogP contribution < -0.4 is 10.1 Å². The number of ether oxygens (including phenoxy) is 2. The average Bonchev–Trinajstić information content (AvgIpc) is 3.15. The third-order valence-corrected chi connectivity index (χ3v) is 4.32. The molecule has 7 nitrogen and oxygen atoms in total. The molecule has 0 aliphatic heterocycles. The van der Waals surface area contributed by atoms with Crippen LogP contribution in [0.4, 0.5) is 10.1 Å². The van der Waals surface area contributed by atoms with E-state index in [1.807, 2.05) is 32.9 Å². The third-order valence-electron chi connectivity index (χ3n) is 4.32. The van der Waals surface area contributed by atoms with Gasteiger partial charge in [-0.2, -0.15) is 4.98 Å². The van der Waals surface area contributed by atoms with E-state index in [4.69, 9.17) is 9.47 Å². The molecular formula is C23H27FN4O3. The van der Waals surface area contributed by atoms with Crippen LogP contribution >= 0.6 is 0 Å². The van der Waals surface area contributed by atoms with Crippen molar-refractivity contribution in [2.75, 3.05) is 25.1 Å². The number of halogens is 1. The second-order valence-corrected chi connectivity index (χ2v) is 7.38. The van der Waals surface area contributed by atoms with Crippen molar-refractivity contribution >= 4 is 11.6 Å². The fourth-order valence-corrected chi connectivity index (χ4v) is 2.95. The molecule has 0 bridgehead atoms. The predicted molar refractivity (Wildman–Crippen MR) is 117 cm³/mol. The molecule has 0 atom stereocenters. The van der Waals surface area contributed by atoms with E-state index < -0.39 is 0 Å². The number of anilines is 1. The molecule has 0 unspecified atom stereocenters. The average molecular weight is 426 g/mol. The molecule has 2 aromatic carbocycles. The quantitative estimate of drug-likeness (QED) is 0.484. The monoisotopic (exact) mass is 426 g/mol. The highest BCUT2D eigenvalue weighted by Crippen LogP contribution is 2.25. The minimum absolute atomic E-state index is 0.0334. The molecule has 0 spiro atoms. The Morgan fingerprint density at radius 3 is 2.61 bits per heavy atom. The Kier molecular flexibility index (Phi) is 7.72. The van der Waals surface area contributed by atoms with Gasteiger partial charge in [-0.3, -0.25) is 4.79 Å². The van der Waals surface area contributed by atoms with Crippen molar-refractivity contribution in [3.8, 4) is 23.1 Å². The summed E-state index contributed by atoms with van der Waals surface area (Å²) >= 11 is 0. The predicted octanol–water partition coefficient (Wildman–Crippen LogP) is 4.47. The first kappa shape index (κ1) is 22.4. The summed E-state index contributed by atoms with van der Waals surface area (Å²) in [6.45, 7) is 7.22. The van der Waals surface area contributed by atoms with Crippen molar-refractivity contribution in [2.24, 2.45) is 5.92 Å². The van der Waals surface area contributed by atoms with Gasteiger partial charge in [0.1, 0.15) is 12.4 Å². The van der Waals surface area contributed by atoms with Crippen LogP contribution in [0.5, 0.6) is 6.01 Å². The number of amides is 1. The maximum absolute atomic E-state index is 13.8. The normalized spacial score (nSPS) is 11.0. The van der Waals surface area contributed by atoms with Crippen molar-refractivity contribution in [1.82, 2.24) is 14.8 Å². The van der Waals surface area contributed by atoms with Gasteiger partial charge in [-0.1, -0.05) is 26.0 Å². The Hall–Kier alpha value is -3.26. The Morgan fingerprint density at radius 2 is 1.94 bits per heavy atom. The lowest BCUT2D eigenvalue weighted by Gasteiger charge is -2.09. The summed E-state index contributed by atoms with van der Waals surface area (Å²) in [6.07, 6.45) is 0.455. The SMILES string of the molecule is CCOCCOc1nc(-c2cccc(F)c2)n(-c2ccc(NC(=O)CC(C)C)cc2)n1. The Labute approximate surface area is 181 Å². The topological polar surface area (TPSA) is 78.3 Å². The van der Waals surface area contributed by atoms with Gasteiger partial charge in [-0.05, 0) is 49.2 Å². The standard InChI is InChI=1S/C23H27FN4O3/c1-4-30-12-13-31-23-26-22(17-6-5-7-18(24)15-17)28(27-23)20-10-8-19(9-11-20)25-21(29)14-16(2)3/h5-11,15-16H,4,12-14H2,1-3H3,(H,25,29). The number of rotatable bonds is 10. The van der Waals surface area contributed by atoms with E-state index in [-0.39, 0.29) is 23.7 Å². The molecule has 3 rings (SSSR count). The van der Waals surface area contributed by atoms with Gasteiger partial charge in [-0.15, -0.1) is 5.10 Å². The zero-order chi connectivity index (χ0) is 22.2. The van der Waals surface area contributed by atoms with E-state index in [0.717, 1.165) is 0 Å². The summed E-state index contributed by atoms with van der Waals surface area (Å²) in [6, 6.07) is 13.5. The first-order chi connectivity index (χ1) is 15.0. The first-order valence-corrected chi connectivity index (χ1v) is 10.3. The fraction of sp³-hybridized carbons (Fsp3) is 0.348. The van der Waals surface area contributed by atoms with Crippen molar-refractivity contribution in [3.63, 3.8) is 0 Å². The number of hydrogen-bond acceptors (Lipinski definition) is 5. The highest BCUT2D eigenvalue weighted by Gasteiger charge is 2.16. The molecule has 1 aromatic heterocycles. The van der Waals surface area contributed by atoms with Crippen molar-refractivity contribution < 1.29 is 18.7 Å². The lowest BCUT2D eigenvalue weighted by atomic mass is 10.1. The van der Waals surface area contributed by atoms with E-state index in [0.29, 0.717) is 49.0 Å². The minimum atomic E-state index is -0.367. The molecule has 8 heteroatoms. The van der Waals surface area contributed by atoms with Crippen LogP contribution in [-0.2, 0) is 9.53 Å². The van der Waals surface area contributed by atoms with Gasteiger partial charge in [0.15, 0.2) is 5.82 Å². The van der Waals surface area contributed by atoms with E-state index in [1.165, 1.54) is 12.1 Å². The Balaban J connectivity index is 1.86. The maximum Gasteiger partial charge on any atom is 0.336 e. The number of aromatic nitrogens is 3. The Morgan fingerprint density at radius 1 is 1.16 bits per heavy atom. The largest absolute Gasteiger partial charge is 0.460 e. The minimum Gasteiger partial charge on any atom is -0.460 e. The van der Waals surface area contributed by atoms with E-state index in [9.17, 15) is 9.18 Å². The third kappa shape index (κ3) is 6.36. The van der Waals surface area contributed by atoms with Gasteiger partial charge in [0.05, 0.1) is 12.3 Å². The highest BCUT2D eigenvalue weighted by molar-refractivity contribution is 5.90.